The van der Waals surface area contributed by atoms with Crippen molar-refractivity contribution in [3.63, 3.8) is 0 Å². The van der Waals surface area contributed by atoms with E-state index in [0.29, 0.717) is 11.5 Å². The first-order valence-electron chi connectivity index (χ1n) is 15.3. The molecule has 1 saturated heterocycles. The molecule has 0 radical (unpaired) electrons. The smallest absolute Gasteiger partial charge is 0.320 e. The summed E-state index contributed by atoms with van der Waals surface area (Å²) in [4.78, 5) is 2.44. The number of para-hydroxylation sites is 1. The van der Waals surface area contributed by atoms with Crippen LogP contribution < -0.4 is 19.5 Å². The van der Waals surface area contributed by atoms with E-state index in [2.05, 4.69) is 74.2 Å². The Bertz CT molecular complexity index is 1410. The van der Waals surface area contributed by atoms with Crippen LogP contribution in [0.1, 0.15) is 50.8 Å². The third kappa shape index (κ3) is 6.72. The fraction of sp³-hybridized carbons (Fsp3) is 0.351. The van der Waals surface area contributed by atoms with Gasteiger partial charge in [0.25, 0.3) is 0 Å². The lowest BCUT2D eigenvalue weighted by Crippen LogP contribution is -2.68. The van der Waals surface area contributed by atoms with Gasteiger partial charge in [0.05, 0.1) is 13.2 Å². The second kappa shape index (κ2) is 13.5. The third-order valence-electron chi connectivity index (χ3n) is 8.92. The van der Waals surface area contributed by atoms with Gasteiger partial charge in [-0.25, -0.2) is 4.39 Å². The predicted molar refractivity (Wildman–Crippen MR) is 175 cm³/mol. The van der Waals surface area contributed by atoms with Gasteiger partial charge in [-0.15, -0.1) is 0 Å². The van der Waals surface area contributed by atoms with Gasteiger partial charge in [0.15, 0.2) is 5.75 Å². The van der Waals surface area contributed by atoms with Crippen LogP contribution in [-0.4, -0.2) is 45.1 Å². The van der Waals surface area contributed by atoms with E-state index in [1.165, 1.54) is 22.5 Å². The topological polar surface area (TPSA) is 41.9 Å². The molecule has 5 rings (SSSR count). The molecular weight excluding hydrogens is 553 g/mol. The number of aliphatic hydroxyl groups excluding tert-OH is 1. The number of nitrogens with zero attached hydrogens (tertiary/aromatic N) is 1. The largest absolute Gasteiger partial charge is 0.531 e. The summed E-state index contributed by atoms with van der Waals surface area (Å²) in [5.41, 5.74) is 1.92. The van der Waals surface area contributed by atoms with E-state index in [1.807, 2.05) is 42.5 Å². The number of hydrogen-bond acceptors (Lipinski definition) is 4. The SMILES string of the molecule is COc1c(O[Si](c2ccccc2)(c2ccccc2)C(C)(C)C)cccc1[C@@H](O)C1CCN(CCc2ccc(F)cc2)CC1. The number of benzene rings is 4. The lowest BCUT2D eigenvalue weighted by molar-refractivity contribution is 0.0573. The summed E-state index contributed by atoms with van der Waals surface area (Å²) in [6, 6.07) is 33.8. The molecule has 0 spiro atoms. The van der Waals surface area contributed by atoms with Gasteiger partial charge in [-0.05, 0) is 77.4 Å². The maximum Gasteiger partial charge on any atom is 0.320 e. The fourth-order valence-electron chi connectivity index (χ4n) is 6.56. The lowest BCUT2D eigenvalue weighted by Gasteiger charge is -2.43. The van der Waals surface area contributed by atoms with Crippen LogP contribution >= 0.6 is 0 Å². The van der Waals surface area contributed by atoms with Gasteiger partial charge in [-0.1, -0.05) is 106 Å². The van der Waals surface area contributed by atoms with Gasteiger partial charge in [0.2, 0.25) is 0 Å². The first-order valence-corrected chi connectivity index (χ1v) is 17.3. The summed E-state index contributed by atoms with van der Waals surface area (Å²) in [6.07, 6.45) is 2.03. The third-order valence-corrected chi connectivity index (χ3v) is 13.9. The van der Waals surface area contributed by atoms with Crippen molar-refractivity contribution in [3.8, 4) is 11.5 Å². The second-order valence-corrected chi connectivity index (χ2v) is 16.9. The zero-order valence-electron chi connectivity index (χ0n) is 25.8. The van der Waals surface area contributed by atoms with E-state index in [1.54, 1.807) is 7.11 Å². The summed E-state index contributed by atoms with van der Waals surface area (Å²) >= 11 is 0. The molecule has 4 aromatic rings. The summed E-state index contributed by atoms with van der Waals surface area (Å²) in [5, 5.41) is 13.9. The second-order valence-electron chi connectivity index (χ2n) is 12.6. The highest BCUT2D eigenvalue weighted by atomic mass is 28.4. The molecule has 1 atom stereocenters. The van der Waals surface area contributed by atoms with Crippen molar-refractivity contribution >= 4 is 18.7 Å². The molecule has 226 valence electrons. The number of rotatable bonds is 10. The van der Waals surface area contributed by atoms with E-state index in [4.69, 9.17) is 9.16 Å². The molecule has 0 saturated carbocycles. The molecule has 0 bridgehead atoms. The summed E-state index contributed by atoms with van der Waals surface area (Å²) < 4.78 is 26.6. The van der Waals surface area contributed by atoms with Crippen molar-refractivity contribution in [1.82, 2.24) is 4.90 Å². The zero-order chi connectivity index (χ0) is 30.5. The molecule has 0 amide bonds. The van der Waals surface area contributed by atoms with Crippen molar-refractivity contribution in [2.75, 3.05) is 26.7 Å². The lowest BCUT2D eigenvalue weighted by atomic mass is 9.87. The highest BCUT2D eigenvalue weighted by Gasteiger charge is 2.52. The first kappa shape index (κ1) is 31.0. The van der Waals surface area contributed by atoms with Gasteiger partial charge < -0.3 is 19.2 Å². The molecule has 6 heteroatoms. The van der Waals surface area contributed by atoms with E-state index in [0.717, 1.165) is 50.0 Å². The summed E-state index contributed by atoms with van der Waals surface area (Å²) in [7, 11) is -1.21. The fourth-order valence-corrected chi connectivity index (χ4v) is 11.0. The average molecular weight is 598 g/mol. The number of ether oxygens (including phenoxy) is 1. The number of methoxy groups -OCH3 is 1. The monoisotopic (exact) mass is 597 g/mol. The zero-order valence-corrected chi connectivity index (χ0v) is 26.8. The quantitative estimate of drug-likeness (QED) is 0.205. The minimum absolute atomic E-state index is 0.124. The van der Waals surface area contributed by atoms with Crippen molar-refractivity contribution < 1.29 is 18.7 Å². The number of likely N-dealkylation sites (tertiary alicyclic amines) is 1. The van der Waals surface area contributed by atoms with Crippen LogP contribution in [0.15, 0.2) is 103 Å². The maximum absolute atomic E-state index is 13.3. The highest BCUT2D eigenvalue weighted by molar-refractivity contribution is 7.00. The maximum atomic E-state index is 13.3. The molecule has 4 aromatic carbocycles. The van der Waals surface area contributed by atoms with Crippen LogP contribution in [-0.2, 0) is 6.42 Å². The Morgan fingerprint density at radius 2 is 1.42 bits per heavy atom. The van der Waals surface area contributed by atoms with Crippen LogP contribution in [0.2, 0.25) is 5.04 Å². The normalized spacial score (nSPS) is 15.7. The molecule has 0 aromatic heterocycles. The van der Waals surface area contributed by atoms with Crippen LogP contribution in [0.5, 0.6) is 11.5 Å². The predicted octanol–water partition coefficient (Wildman–Crippen LogP) is 6.76. The van der Waals surface area contributed by atoms with Crippen LogP contribution in [0.25, 0.3) is 0 Å². The molecule has 0 aliphatic carbocycles. The average Bonchev–Trinajstić information content (AvgIpc) is 3.03. The van der Waals surface area contributed by atoms with Crippen LogP contribution in [0.4, 0.5) is 4.39 Å². The van der Waals surface area contributed by atoms with Gasteiger partial charge >= 0.3 is 8.32 Å². The number of piperidine rings is 1. The molecule has 1 fully saturated rings. The van der Waals surface area contributed by atoms with Crippen molar-refractivity contribution in [3.05, 3.63) is 120 Å². The Morgan fingerprint density at radius 3 is 1.95 bits per heavy atom. The molecular formula is C37H44FNO3Si. The van der Waals surface area contributed by atoms with E-state index in [9.17, 15) is 9.50 Å². The van der Waals surface area contributed by atoms with E-state index >= 15 is 0 Å². The van der Waals surface area contributed by atoms with Crippen molar-refractivity contribution in [2.45, 2.75) is 51.2 Å². The Morgan fingerprint density at radius 1 is 0.837 bits per heavy atom. The Labute approximate surface area is 257 Å². The van der Waals surface area contributed by atoms with Gasteiger partial charge in [-0.2, -0.15) is 0 Å². The van der Waals surface area contributed by atoms with Crippen LogP contribution in [0, 0.1) is 11.7 Å². The molecule has 4 nitrogen and oxygen atoms in total. The van der Waals surface area contributed by atoms with Crippen molar-refractivity contribution in [1.29, 1.82) is 0 Å². The minimum Gasteiger partial charge on any atom is -0.531 e. The molecule has 43 heavy (non-hydrogen) atoms. The number of halogens is 1. The van der Waals surface area contributed by atoms with Gasteiger partial charge in [-0.3, -0.25) is 0 Å². The first-order chi connectivity index (χ1) is 20.7. The molecule has 1 N–H and O–H groups in total. The molecule has 1 aliphatic heterocycles. The van der Waals surface area contributed by atoms with Crippen LogP contribution in [0.3, 0.4) is 0 Å². The Kier molecular flexibility index (Phi) is 9.70. The number of hydrogen-bond donors (Lipinski definition) is 1. The molecule has 1 aliphatic rings. The van der Waals surface area contributed by atoms with E-state index < -0.39 is 14.4 Å². The Hall–Kier alpha value is -3.45. The van der Waals surface area contributed by atoms with Gasteiger partial charge in [0, 0.05) is 12.1 Å². The summed E-state index contributed by atoms with van der Waals surface area (Å²) in [5.74, 6) is 1.21. The highest BCUT2D eigenvalue weighted by Crippen LogP contribution is 2.44. The van der Waals surface area contributed by atoms with Gasteiger partial charge in [0.1, 0.15) is 11.6 Å². The Balaban J connectivity index is 1.38. The standard InChI is InChI=1S/C37H44FNO3Si/c1-37(2,3)43(31-12-7-5-8-13-31,32-14-9-6-10-15-32)42-34-17-11-16-33(36(34)41-4)35(40)29-23-26-39(27-24-29)25-22-28-18-20-30(38)21-19-28/h5-21,29,35,40H,22-27H2,1-4H3/t35-/m0/s1. The molecule has 1 heterocycles. The van der Waals surface area contributed by atoms with E-state index in [-0.39, 0.29) is 16.8 Å². The number of aliphatic hydroxyl groups is 1. The molecule has 0 unspecified atom stereocenters. The summed E-state index contributed by atoms with van der Waals surface area (Å²) in [6.45, 7) is 9.54. The van der Waals surface area contributed by atoms with Crippen molar-refractivity contribution in [2.24, 2.45) is 5.92 Å². The minimum atomic E-state index is -2.87.